The van der Waals surface area contributed by atoms with Gasteiger partial charge in [-0.05, 0) is 91.8 Å². The number of ether oxygens (including phenoxy) is 3. The molecule has 0 spiro atoms. The smallest absolute Gasteiger partial charge is 0.302 e. The van der Waals surface area contributed by atoms with E-state index in [0.29, 0.717) is 18.0 Å². The molecule has 4 N–H and O–H groups in total. The molecule has 0 saturated heterocycles. The van der Waals surface area contributed by atoms with Crippen LogP contribution in [0.1, 0.15) is 174 Å². The van der Waals surface area contributed by atoms with Crippen LogP contribution in [0.15, 0.2) is 79.4 Å². The highest BCUT2D eigenvalue weighted by Gasteiger charge is 2.15. The van der Waals surface area contributed by atoms with E-state index in [1.807, 2.05) is 60.5 Å². The normalized spacial score (nSPS) is 12.5. The van der Waals surface area contributed by atoms with Crippen LogP contribution in [0.25, 0.3) is 10.8 Å². The Hall–Kier alpha value is -4.31. The lowest BCUT2D eigenvalue weighted by molar-refractivity contribution is -0.145. The van der Waals surface area contributed by atoms with E-state index >= 15 is 0 Å². The highest BCUT2D eigenvalue weighted by atomic mass is 32.1. The molecule has 0 amide bonds. The zero-order valence-electron chi connectivity index (χ0n) is 42.1. The Morgan fingerprint density at radius 1 is 0.647 bits per heavy atom. The molecule has 3 aromatic rings. The number of terminal acetylenes is 1. The number of aliphatic hydroxyl groups is 4. The SMILES string of the molecule is C#CCCCCCCCCCCCC(O)CC(O)COC(C)=O.C=CCCCCCCCCCCCC(O)CC(O)COC(C)=O.Cc1cccc(N(C)C(=S)Oc2ccc3ccccc3c2)c1. The number of thiocarbonyl (C=S) groups is 1. The predicted octanol–water partition coefficient (Wildman–Crippen LogP) is 12.7. The van der Waals surface area contributed by atoms with E-state index in [2.05, 4.69) is 43.7 Å². The molecule has 0 saturated carbocycles. The van der Waals surface area contributed by atoms with Crippen molar-refractivity contribution in [2.75, 3.05) is 25.2 Å². The highest BCUT2D eigenvalue weighted by Crippen LogP contribution is 2.23. The minimum absolute atomic E-state index is 0.0286. The number of carbonyl (C=O) groups excluding carboxylic acids is 2. The quantitative estimate of drug-likeness (QED) is 0.0152. The monoisotopic (exact) mass is 962 g/mol. The maximum atomic E-state index is 10.6. The number of carbonyl (C=O) groups is 2. The lowest BCUT2D eigenvalue weighted by Gasteiger charge is -2.20. The summed E-state index contributed by atoms with van der Waals surface area (Å²) in [5.41, 5.74) is 2.21. The van der Waals surface area contributed by atoms with Crippen molar-refractivity contribution in [1.29, 1.82) is 0 Å². The first-order valence-electron chi connectivity index (χ1n) is 25.3. The number of nitrogens with zero attached hydrogens (tertiary/aromatic N) is 1. The maximum absolute atomic E-state index is 10.6. The first-order valence-corrected chi connectivity index (χ1v) is 25.7. The van der Waals surface area contributed by atoms with E-state index in [1.54, 1.807) is 0 Å². The number of fused-ring (bicyclic) bond motifs is 1. The number of allylic oxidation sites excluding steroid dienone is 1. The van der Waals surface area contributed by atoms with Crippen molar-refractivity contribution in [3.05, 3.63) is 84.9 Å². The van der Waals surface area contributed by atoms with Gasteiger partial charge in [-0.2, -0.15) is 0 Å². The van der Waals surface area contributed by atoms with Gasteiger partial charge in [0.05, 0.1) is 24.4 Å². The van der Waals surface area contributed by atoms with Crippen molar-refractivity contribution in [3.63, 3.8) is 0 Å². The lowest BCUT2D eigenvalue weighted by atomic mass is 10.0. The van der Waals surface area contributed by atoms with E-state index in [0.717, 1.165) is 61.8 Å². The molecule has 68 heavy (non-hydrogen) atoms. The number of aliphatic hydroxyl groups excluding tert-OH is 4. The van der Waals surface area contributed by atoms with Gasteiger partial charge in [-0.15, -0.1) is 18.9 Å². The van der Waals surface area contributed by atoms with Crippen LogP contribution < -0.4 is 9.64 Å². The molecule has 3 aromatic carbocycles. The van der Waals surface area contributed by atoms with E-state index in [-0.39, 0.29) is 26.1 Å². The molecule has 0 fully saturated rings. The second-order valence-corrected chi connectivity index (χ2v) is 18.3. The average Bonchev–Trinajstić information content (AvgIpc) is 3.31. The summed E-state index contributed by atoms with van der Waals surface area (Å²) in [4.78, 5) is 23.1. The van der Waals surface area contributed by atoms with Crippen LogP contribution in [0.5, 0.6) is 5.75 Å². The number of esters is 2. The van der Waals surface area contributed by atoms with Gasteiger partial charge in [0.15, 0.2) is 0 Å². The second-order valence-electron chi connectivity index (χ2n) is 17.9. The largest absolute Gasteiger partial charge is 0.463 e. The van der Waals surface area contributed by atoms with E-state index < -0.39 is 36.4 Å². The summed E-state index contributed by atoms with van der Waals surface area (Å²) >= 11 is 5.41. The summed E-state index contributed by atoms with van der Waals surface area (Å²) in [5.74, 6) is 2.61. The molecular formula is C57H87NO9S. The van der Waals surface area contributed by atoms with Gasteiger partial charge in [0.2, 0.25) is 0 Å². The summed E-state index contributed by atoms with van der Waals surface area (Å²) in [6, 6.07) is 22.3. The fourth-order valence-corrected chi connectivity index (χ4v) is 7.72. The predicted molar refractivity (Wildman–Crippen MR) is 284 cm³/mol. The fraction of sp³-hybridized carbons (Fsp3) is 0.596. The van der Waals surface area contributed by atoms with Gasteiger partial charge in [0, 0.05) is 45.8 Å². The number of aryl methyl sites for hydroxylation is 1. The molecule has 11 heteroatoms. The molecule has 0 aliphatic heterocycles. The third kappa shape index (κ3) is 34.0. The molecule has 0 aliphatic rings. The third-order valence-corrected chi connectivity index (χ3v) is 11.8. The van der Waals surface area contributed by atoms with Crippen LogP contribution in [0, 0.1) is 19.3 Å². The van der Waals surface area contributed by atoms with Gasteiger partial charge >= 0.3 is 11.9 Å². The van der Waals surface area contributed by atoms with Crippen LogP contribution in [0.3, 0.4) is 0 Å². The standard InChI is InChI=1S/C19H17NOS.C19H36O4.C19H34O4/c1-14-6-5-9-17(12-14)20(2)19(22)21-18-11-10-15-7-3-4-8-16(15)13-18;2*1-3-4-5-6-7-8-9-10-11-12-13-14-18(21)15-19(22)16-23-17(2)20/h3-13H,1-2H3;3,18-19,21-22H,1,4-16H2,2H3;1,18-19,21-22H,4-16H2,2H3. The number of hydrogen-bond donors (Lipinski definition) is 4. The van der Waals surface area contributed by atoms with E-state index in [1.165, 1.54) is 108 Å². The number of rotatable bonds is 33. The van der Waals surface area contributed by atoms with Crippen molar-refractivity contribution >= 4 is 45.8 Å². The highest BCUT2D eigenvalue weighted by molar-refractivity contribution is 7.80. The Morgan fingerprint density at radius 2 is 1.12 bits per heavy atom. The Balaban J connectivity index is 0.000000510. The molecule has 4 unspecified atom stereocenters. The van der Waals surface area contributed by atoms with Gasteiger partial charge in [0.25, 0.3) is 5.17 Å². The molecule has 3 rings (SSSR count). The molecule has 0 radical (unpaired) electrons. The van der Waals surface area contributed by atoms with E-state index in [9.17, 15) is 30.0 Å². The molecule has 0 aliphatic carbocycles. The third-order valence-electron chi connectivity index (χ3n) is 11.4. The zero-order chi connectivity index (χ0) is 50.2. The fourth-order valence-electron chi connectivity index (χ4n) is 7.52. The summed E-state index contributed by atoms with van der Waals surface area (Å²) in [5, 5.41) is 41.6. The zero-order valence-corrected chi connectivity index (χ0v) is 42.9. The van der Waals surface area contributed by atoms with Gasteiger partial charge in [-0.1, -0.05) is 151 Å². The van der Waals surface area contributed by atoms with Crippen molar-refractivity contribution in [2.24, 2.45) is 0 Å². The summed E-state index contributed by atoms with van der Waals surface area (Å²) in [6.07, 6.45) is 30.5. The molecule has 0 bridgehead atoms. The second kappa shape index (κ2) is 40.6. The number of anilines is 1. The average molecular weight is 962 g/mol. The molecule has 380 valence electrons. The number of hydrogen-bond acceptors (Lipinski definition) is 10. The minimum Gasteiger partial charge on any atom is -0.463 e. The van der Waals surface area contributed by atoms with Crippen LogP contribution in [-0.2, 0) is 19.1 Å². The van der Waals surface area contributed by atoms with Crippen LogP contribution in [-0.4, -0.2) is 82.2 Å². The van der Waals surface area contributed by atoms with Gasteiger partial charge in [0.1, 0.15) is 19.0 Å². The summed E-state index contributed by atoms with van der Waals surface area (Å²) < 4.78 is 15.3. The van der Waals surface area contributed by atoms with Crippen LogP contribution in [0.2, 0.25) is 0 Å². The molecule has 4 atom stereocenters. The Bertz CT molecular complexity index is 1830. The van der Waals surface area contributed by atoms with Crippen LogP contribution in [0.4, 0.5) is 5.69 Å². The van der Waals surface area contributed by atoms with Crippen molar-refractivity contribution in [2.45, 2.75) is 199 Å². The van der Waals surface area contributed by atoms with Crippen LogP contribution >= 0.6 is 12.2 Å². The molecule has 10 nitrogen and oxygen atoms in total. The molecular weight excluding hydrogens is 875 g/mol. The van der Waals surface area contributed by atoms with Crippen molar-refractivity contribution in [1.82, 2.24) is 0 Å². The Labute approximate surface area is 415 Å². The molecule has 0 heterocycles. The Kier molecular flexibility index (Phi) is 36.8. The van der Waals surface area contributed by atoms with Gasteiger partial charge in [-0.25, -0.2) is 0 Å². The number of unbranched alkanes of at least 4 members (excludes halogenated alkanes) is 18. The summed E-state index contributed by atoms with van der Waals surface area (Å²) in [6.45, 7) is 8.34. The van der Waals surface area contributed by atoms with Gasteiger partial charge in [-0.3, -0.25) is 9.59 Å². The maximum Gasteiger partial charge on any atom is 0.302 e. The Morgan fingerprint density at radius 3 is 1.59 bits per heavy atom. The number of benzene rings is 3. The topological polar surface area (TPSA) is 146 Å². The van der Waals surface area contributed by atoms with Crippen molar-refractivity contribution in [3.8, 4) is 18.1 Å². The first-order chi connectivity index (χ1) is 32.7. The minimum atomic E-state index is -0.775. The van der Waals surface area contributed by atoms with Gasteiger partial charge < -0.3 is 39.5 Å². The first kappa shape index (κ1) is 61.7. The lowest BCUT2D eigenvalue weighted by Crippen LogP contribution is -2.29. The summed E-state index contributed by atoms with van der Waals surface area (Å²) in [7, 11) is 1.91. The molecule has 0 aromatic heterocycles. The van der Waals surface area contributed by atoms with Crippen molar-refractivity contribution < 1.29 is 44.2 Å². The van der Waals surface area contributed by atoms with E-state index in [4.69, 9.17) is 32.9 Å².